The number of aryl methyl sites for hydroxylation is 1. The molecule has 1 saturated carbocycles. The van der Waals surface area contributed by atoms with Gasteiger partial charge in [-0.15, -0.1) is 23.7 Å². The van der Waals surface area contributed by atoms with Crippen molar-refractivity contribution in [3.63, 3.8) is 0 Å². The number of rotatable bonds is 2. The molecule has 2 N–H and O–H groups in total. The molecule has 1 aromatic rings. The summed E-state index contributed by atoms with van der Waals surface area (Å²) in [6, 6.07) is 4.69. The van der Waals surface area contributed by atoms with Gasteiger partial charge in [0.15, 0.2) is 0 Å². The molecule has 1 aliphatic carbocycles. The third-order valence-corrected chi connectivity index (χ3v) is 4.35. The van der Waals surface area contributed by atoms with Gasteiger partial charge in [0.05, 0.1) is 0 Å². The summed E-state index contributed by atoms with van der Waals surface area (Å²) in [5.74, 6) is 0.738. The summed E-state index contributed by atoms with van der Waals surface area (Å²) in [6.07, 6.45) is 6.83. The van der Waals surface area contributed by atoms with Gasteiger partial charge in [0, 0.05) is 15.8 Å². The summed E-state index contributed by atoms with van der Waals surface area (Å²) in [6.45, 7) is 2.15. The van der Waals surface area contributed by atoms with Gasteiger partial charge >= 0.3 is 0 Å². The van der Waals surface area contributed by atoms with Crippen LogP contribution in [0.3, 0.4) is 0 Å². The van der Waals surface area contributed by atoms with E-state index < -0.39 is 0 Å². The van der Waals surface area contributed by atoms with E-state index in [9.17, 15) is 0 Å². The van der Waals surface area contributed by atoms with E-state index in [1.54, 1.807) is 0 Å². The Kier molecular flexibility index (Phi) is 5.10. The van der Waals surface area contributed by atoms with Crippen molar-refractivity contribution >= 4 is 23.7 Å². The molecule has 0 aliphatic heterocycles. The predicted octanol–water partition coefficient (Wildman–Crippen LogP) is 4.06. The van der Waals surface area contributed by atoms with Crippen LogP contribution in [0.5, 0.6) is 0 Å². The number of halogens is 1. The molecule has 1 aromatic heterocycles. The molecule has 0 radical (unpaired) electrons. The third kappa shape index (κ3) is 3.20. The molecule has 1 aliphatic rings. The van der Waals surface area contributed by atoms with E-state index in [1.807, 2.05) is 11.3 Å². The van der Waals surface area contributed by atoms with E-state index in [0.717, 1.165) is 5.92 Å². The van der Waals surface area contributed by atoms with E-state index in [-0.39, 0.29) is 12.4 Å². The summed E-state index contributed by atoms with van der Waals surface area (Å²) in [5.41, 5.74) is 6.29. The molecule has 0 unspecified atom stereocenters. The zero-order valence-electron chi connectivity index (χ0n) is 9.24. The van der Waals surface area contributed by atoms with Gasteiger partial charge in [-0.1, -0.05) is 19.3 Å². The van der Waals surface area contributed by atoms with E-state index in [4.69, 9.17) is 5.73 Å². The van der Waals surface area contributed by atoms with E-state index in [1.165, 1.54) is 41.9 Å². The Morgan fingerprint density at radius 3 is 2.47 bits per heavy atom. The van der Waals surface area contributed by atoms with Gasteiger partial charge in [-0.25, -0.2) is 0 Å². The van der Waals surface area contributed by atoms with E-state index in [2.05, 4.69) is 19.1 Å². The first-order valence-electron chi connectivity index (χ1n) is 5.59. The Morgan fingerprint density at radius 1 is 1.27 bits per heavy atom. The molecule has 1 nitrogen and oxygen atoms in total. The molecule has 0 bridgehead atoms. The fourth-order valence-corrected chi connectivity index (χ4v) is 3.33. The Labute approximate surface area is 102 Å². The molecular weight excluding hydrogens is 226 g/mol. The minimum absolute atomic E-state index is 0. The lowest BCUT2D eigenvalue weighted by Crippen LogP contribution is -2.22. The van der Waals surface area contributed by atoms with Crippen LogP contribution in [-0.4, -0.2) is 0 Å². The third-order valence-electron chi connectivity index (χ3n) is 3.25. The van der Waals surface area contributed by atoms with Gasteiger partial charge in [0.25, 0.3) is 0 Å². The van der Waals surface area contributed by atoms with Crippen LogP contribution in [0, 0.1) is 12.8 Å². The maximum absolute atomic E-state index is 6.29. The first-order chi connectivity index (χ1) is 6.77. The smallest absolute Gasteiger partial charge is 0.0418 e. The minimum atomic E-state index is 0. The van der Waals surface area contributed by atoms with Crippen molar-refractivity contribution in [2.75, 3.05) is 0 Å². The van der Waals surface area contributed by atoms with Gasteiger partial charge in [-0.05, 0) is 37.8 Å². The first-order valence-corrected chi connectivity index (χ1v) is 6.41. The van der Waals surface area contributed by atoms with Crippen molar-refractivity contribution in [1.29, 1.82) is 0 Å². The highest BCUT2D eigenvalue weighted by Gasteiger charge is 2.22. The normalized spacial score (nSPS) is 19.6. The first kappa shape index (κ1) is 13.0. The highest BCUT2D eigenvalue weighted by molar-refractivity contribution is 7.12. The largest absolute Gasteiger partial charge is 0.323 e. The van der Waals surface area contributed by atoms with Crippen LogP contribution in [0.15, 0.2) is 12.1 Å². The summed E-state index contributed by atoms with van der Waals surface area (Å²) in [5, 5.41) is 0. The minimum Gasteiger partial charge on any atom is -0.323 e. The van der Waals surface area contributed by atoms with Crippen LogP contribution < -0.4 is 5.73 Å². The van der Waals surface area contributed by atoms with Gasteiger partial charge in [-0.2, -0.15) is 0 Å². The molecule has 3 heteroatoms. The molecule has 0 amide bonds. The molecule has 2 rings (SSSR count). The Morgan fingerprint density at radius 2 is 1.93 bits per heavy atom. The van der Waals surface area contributed by atoms with Crippen molar-refractivity contribution in [2.45, 2.75) is 45.1 Å². The number of thiophene rings is 1. The number of hydrogen-bond donors (Lipinski definition) is 1. The zero-order chi connectivity index (χ0) is 9.97. The molecule has 1 fully saturated rings. The fraction of sp³-hybridized carbons (Fsp3) is 0.667. The second-order valence-electron chi connectivity index (χ2n) is 4.37. The molecule has 0 aromatic carbocycles. The molecule has 0 spiro atoms. The lowest BCUT2D eigenvalue weighted by molar-refractivity contribution is 0.311. The summed E-state index contributed by atoms with van der Waals surface area (Å²) in [7, 11) is 0. The molecular formula is C12H20ClNS. The summed E-state index contributed by atoms with van der Waals surface area (Å²) in [4.78, 5) is 2.76. The van der Waals surface area contributed by atoms with Crippen LogP contribution in [0.4, 0.5) is 0 Å². The van der Waals surface area contributed by atoms with Gasteiger partial charge in [0.1, 0.15) is 0 Å². The maximum atomic E-state index is 6.29. The van der Waals surface area contributed by atoms with Crippen LogP contribution in [0.2, 0.25) is 0 Å². The summed E-state index contributed by atoms with van der Waals surface area (Å²) >= 11 is 1.86. The van der Waals surface area contributed by atoms with Gasteiger partial charge < -0.3 is 5.73 Å². The molecule has 1 heterocycles. The molecule has 0 saturated heterocycles. The number of hydrogen-bond acceptors (Lipinski definition) is 2. The topological polar surface area (TPSA) is 26.0 Å². The Hall–Kier alpha value is -0.0500. The van der Waals surface area contributed by atoms with Gasteiger partial charge in [0.2, 0.25) is 0 Å². The van der Waals surface area contributed by atoms with E-state index >= 15 is 0 Å². The summed E-state index contributed by atoms with van der Waals surface area (Å²) < 4.78 is 0. The Bertz CT molecular complexity index is 292. The average Bonchev–Trinajstić information content (AvgIpc) is 2.65. The van der Waals surface area contributed by atoms with Crippen molar-refractivity contribution in [2.24, 2.45) is 11.7 Å². The van der Waals surface area contributed by atoms with E-state index in [0.29, 0.717) is 6.04 Å². The lowest BCUT2D eigenvalue weighted by atomic mass is 9.84. The molecule has 1 atom stereocenters. The van der Waals surface area contributed by atoms with Gasteiger partial charge in [-0.3, -0.25) is 0 Å². The molecule has 15 heavy (non-hydrogen) atoms. The van der Waals surface area contributed by atoms with Crippen molar-refractivity contribution < 1.29 is 0 Å². The van der Waals surface area contributed by atoms with Crippen molar-refractivity contribution in [3.05, 3.63) is 21.9 Å². The standard InChI is InChI=1S/C12H19NS.ClH/c1-9-7-8-11(14-9)12(13)10-5-3-2-4-6-10;/h7-8,10,12H,2-6,13H2,1H3;1H/t12-;/m1./s1. The predicted molar refractivity (Wildman–Crippen MR) is 69.8 cm³/mol. The maximum Gasteiger partial charge on any atom is 0.0418 e. The number of nitrogens with two attached hydrogens (primary N) is 1. The van der Waals surface area contributed by atoms with Crippen molar-refractivity contribution in [1.82, 2.24) is 0 Å². The van der Waals surface area contributed by atoms with Crippen molar-refractivity contribution in [3.8, 4) is 0 Å². The fourth-order valence-electron chi connectivity index (χ4n) is 2.36. The van der Waals surface area contributed by atoms with Crippen LogP contribution in [0.25, 0.3) is 0 Å². The Balaban J connectivity index is 0.00000112. The lowest BCUT2D eigenvalue weighted by Gasteiger charge is -2.26. The SMILES string of the molecule is Cc1ccc([C@H](N)C2CCCCC2)s1.Cl. The van der Waals surface area contributed by atoms with Crippen LogP contribution >= 0.6 is 23.7 Å². The average molecular weight is 246 g/mol. The quantitative estimate of drug-likeness (QED) is 0.836. The van der Waals surface area contributed by atoms with Crippen LogP contribution in [0.1, 0.15) is 47.9 Å². The monoisotopic (exact) mass is 245 g/mol. The highest BCUT2D eigenvalue weighted by Crippen LogP contribution is 2.35. The zero-order valence-corrected chi connectivity index (χ0v) is 10.9. The van der Waals surface area contributed by atoms with Crippen LogP contribution in [-0.2, 0) is 0 Å². The highest BCUT2D eigenvalue weighted by atomic mass is 35.5. The second-order valence-corrected chi connectivity index (χ2v) is 5.69. The second kappa shape index (κ2) is 5.88. The molecule has 86 valence electrons.